The number of rotatable bonds is 19. The molecule has 3 aliphatic carbocycles. The van der Waals surface area contributed by atoms with Gasteiger partial charge in [-0.05, 0) is 147 Å². The maximum Gasteiger partial charge on any atom is 0.394 e. The molecule has 12 rings (SSSR count). The van der Waals surface area contributed by atoms with Gasteiger partial charge in [-0.15, -0.1) is 0 Å². The second-order valence-electron chi connectivity index (χ2n) is 29.5. The molecule has 6 heterocycles. The molecule has 101 heavy (non-hydrogen) atoms. The number of nitrogens with one attached hydrogen (secondary N) is 3. The van der Waals surface area contributed by atoms with Crippen LogP contribution in [0.15, 0.2) is 78.9 Å². The Morgan fingerprint density at radius 2 is 0.802 bits per heavy atom. The molecule has 570 valence electrons. The molecule has 9 aliphatic rings. The van der Waals surface area contributed by atoms with Crippen molar-refractivity contribution in [1.82, 2.24) is 16.0 Å². The van der Waals surface area contributed by atoms with Crippen molar-refractivity contribution >= 4 is 0 Å². The van der Waals surface area contributed by atoms with Gasteiger partial charge in [0, 0.05) is 43.9 Å². The van der Waals surface area contributed by atoms with Gasteiger partial charge in [0.25, 0.3) is 0 Å². The van der Waals surface area contributed by atoms with E-state index in [1.807, 2.05) is 82.3 Å². The highest BCUT2D eigenvalue weighted by Crippen LogP contribution is 2.53. The quantitative estimate of drug-likeness (QED) is 0.0819. The molecule has 6 saturated heterocycles. The summed E-state index contributed by atoms with van der Waals surface area (Å²) in [7, 11) is 6.62. The van der Waals surface area contributed by atoms with Crippen LogP contribution in [0, 0.1) is 17.8 Å². The zero-order chi connectivity index (χ0) is 73.5. The molecule has 0 bridgehead atoms. The Balaban J connectivity index is 0.000000164. The fourth-order valence-electron chi connectivity index (χ4n) is 17.3. The molecule has 0 unspecified atom stereocenters. The SMILES string of the molecule is CC[C@@H]1[C@H](O)[C@H](NC)[C@H]2O[C@]3(O)[C@H](O[C@@H]2[C@H]1O)O[C@H](C)C[C@@]3(O)CCCc1cccc(OC(C)(F)F)c1.CC[C@@H]1[C@H](O)[C@H](NC)[C@H]2O[C@]3(O)[C@H](O[C@@H]2[C@H]1O)O[C@H](C)C[C@@]3(O)CCc1ccc(OC)cc1.CC[C@@H]1[C@H](O)[C@H](NC)[C@H]2O[C@]3(O)[C@H](O[C@@H]2[C@H]1O)O[C@H](C)C[C@@]3(O)CCc1ccccc1. The topological polar surface area (TPSA) is 380 Å². The van der Waals surface area contributed by atoms with E-state index in [0.29, 0.717) is 51.9 Å². The van der Waals surface area contributed by atoms with Gasteiger partial charge in [0.05, 0.1) is 80.2 Å². The lowest BCUT2D eigenvalue weighted by atomic mass is 9.73. The van der Waals surface area contributed by atoms with Crippen molar-refractivity contribution in [2.45, 2.75) is 301 Å². The summed E-state index contributed by atoms with van der Waals surface area (Å²) >= 11 is 0. The third kappa shape index (κ3) is 15.7. The number of likely N-dealkylation sites (N-methyl/N-ethyl adjacent to an activating group) is 3. The summed E-state index contributed by atoms with van der Waals surface area (Å²) in [5, 5.41) is 145. The standard InChI is InChI=1S/C26H39F2NO8.C24H37NO8.C23H35NO7/c1-5-17-19(30)18(29-4)21-22(20(17)31)35-23-26(33,37-21)25(32,13-14(2)34-23)11-7-9-15-8-6-10-16(12-15)36-24(3,27)28;1-5-16-18(26)17(25-3)20-21(19(16)27)32-22-24(29,33-20)23(28,12-13(2)31-22)11-10-14-6-8-15(30-4)9-7-14;1-4-15-17(25)16(24-3)19-20(18(15)26)30-21-23(28,31-19)22(27,12-13(2)29-21)11-10-14-8-6-5-7-9-14/h6,8,10,12,14,17-23,29-33H,5,7,9,11,13H2,1-4H3;6-9,13,16-22,25-29H,5,10-12H2,1-4H3;5-9,13,15-21,24-28H,4,10-12H2,1-3H3/t14-,17-,18+,19+,20+,21-,22-,23+,25+,26-;13-,16-,17+,18+,19+,20-,21-,22+,23+,24-;13-,15-,16+,17+,18+,19-,20-,21+,22+,23-/m111/s1. The van der Waals surface area contributed by atoms with Crippen LogP contribution in [-0.2, 0) is 61.9 Å². The van der Waals surface area contributed by atoms with Crippen molar-refractivity contribution in [3.8, 4) is 11.5 Å². The lowest BCUT2D eigenvalue weighted by Gasteiger charge is -2.60. The van der Waals surface area contributed by atoms with Crippen molar-refractivity contribution < 1.29 is 122 Å². The minimum absolute atomic E-state index is 0.0371. The highest BCUT2D eigenvalue weighted by molar-refractivity contribution is 5.30. The smallest absolute Gasteiger partial charge is 0.394 e. The van der Waals surface area contributed by atoms with Gasteiger partial charge in [0.15, 0.2) is 0 Å². The van der Waals surface area contributed by atoms with E-state index in [1.165, 1.54) is 12.1 Å². The zero-order valence-electron chi connectivity index (χ0n) is 59.7. The van der Waals surface area contributed by atoms with E-state index in [0.717, 1.165) is 22.4 Å². The van der Waals surface area contributed by atoms with E-state index in [1.54, 1.807) is 54.2 Å². The van der Waals surface area contributed by atoms with Crippen LogP contribution >= 0.6 is 0 Å². The highest BCUT2D eigenvalue weighted by atomic mass is 19.3. The number of aryl methyl sites for hydroxylation is 3. The summed E-state index contributed by atoms with van der Waals surface area (Å²) in [6, 6.07) is 21.8. The number of ether oxygens (including phenoxy) is 11. The average molecular weight is 1440 g/mol. The van der Waals surface area contributed by atoms with Gasteiger partial charge in [-0.2, -0.15) is 8.78 Å². The third-order valence-corrected chi connectivity index (χ3v) is 22.8. The van der Waals surface area contributed by atoms with Crippen molar-refractivity contribution in [2.24, 2.45) is 17.8 Å². The molecule has 3 saturated carbocycles. The van der Waals surface area contributed by atoms with Crippen molar-refractivity contribution in [3.63, 3.8) is 0 Å². The normalized spacial score (nSPS) is 44.8. The summed E-state index contributed by atoms with van der Waals surface area (Å²) in [5.41, 5.74) is -2.34. The van der Waals surface area contributed by atoms with Gasteiger partial charge in [-0.25, -0.2) is 0 Å². The van der Waals surface area contributed by atoms with Crippen LogP contribution in [0.4, 0.5) is 8.78 Å². The van der Waals surface area contributed by atoms with Crippen LogP contribution in [0.2, 0.25) is 0 Å². The van der Waals surface area contributed by atoms with Crippen LogP contribution in [0.1, 0.15) is 129 Å². The summed E-state index contributed by atoms with van der Waals surface area (Å²) in [5.74, 6) is -7.09. The number of fused-ring (bicyclic) bond motifs is 6. The van der Waals surface area contributed by atoms with E-state index in [2.05, 4.69) is 20.7 Å². The van der Waals surface area contributed by atoms with Crippen molar-refractivity contribution in [3.05, 3.63) is 95.6 Å². The van der Waals surface area contributed by atoms with Gasteiger partial charge in [0.1, 0.15) is 64.9 Å². The molecule has 0 amide bonds. The molecule has 6 aliphatic heterocycles. The van der Waals surface area contributed by atoms with Gasteiger partial charge >= 0.3 is 6.11 Å². The van der Waals surface area contributed by atoms with Crippen LogP contribution < -0.4 is 25.4 Å². The minimum Gasteiger partial charge on any atom is -0.497 e. The zero-order valence-corrected chi connectivity index (χ0v) is 59.7. The first-order valence-electron chi connectivity index (χ1n) is 36.0. The number of halogens is 2. The molecule has 0 spiro atoms. The summed E-state index contributed by atoms with van der Waals surface area (Å²) < 4.78 is 90.5. The molecular weight excluding hydrogens is 1320 g/mol. The Bertz CT molecular complexity index is 3140. The highest BCUT2D eigenvalue weighted by Gasteiger charge is 2.72. The molecule has 15 N–H and O–H groups in total. The number of benzene rings is 3. The molecule has 28 heteroatoms. The predicted molar refractivity (Wildman–Crippen MR) is 358 cm³/mol. The summed E-state index contributed by atoms with van der Waals surface area (Å²) in [4.78, 5) is 0. The summed E-state index contributed by atoms with van der Waals surface area (Å²) in [6.07, 6.45) is -15.1. The number of hydrogen-bond acceptors (Lipinski definition) is 26. The van der Waals surface area contributed by atoms with E-state index >= 15 is 0 Å². The van der Waals surface area contributed by atoms with Gasteiger partial charge in [-0.1, -0.05) is 75.4 Å². The predicted octanol–water partition coefficient (Wildman–Crippen LogP) is 2.31. The Morgan fingerprint density at radius 3 is 1.15 bits per heavy atom. The van der Waals surface area contributed by atoms with Crippen LogP contribution in [0.3, 0.4) is 0 Å². The fourth-order valence-corrected chi connectivity index (χ4v) is 17.3. The molecule has 3 aromatic carbocycles. The molecule has 9 fully saturated rings. The Kier molecular flexibility index (Phi) is 25.2. The number of methoxy groups -OCH3 is 1. The van der Waals surface area contributed by atoms with Crippen molar-refractivity contribution in [1.29, 1.82) is 0 Å². The van der Waals surface area contributed by atoms with E-state index < -0.39 is 180 Å². The minimum atomic E-state index is -3.30. The summed E-state index contributed by atoms with van der Waals surface area (Å²) in [6.45, 7) is 11.7. The van der Waals surface area contributed by atoms with Crippen LogP contribution in [0.25, 0.3) is 0 Å². The van der Waals surface area contributed by atoms with Gasteiger partial charge in [-0.3, -0.25) is 0 Å². The molecular formula is C73H111F2N3O23. The molecule has 3 aromatic rings. The lowest BCUT2D eigenvalue weighted by Crippen LogP contribution is -2.78. The largest absolute Gasteiger partial charge is 0.497 e. The lowest BCUT2D eigenvalue weighted by molar-refractivity contribution is -0.485. The Hall–Kier alpha value is -3.84. The van der Waals surface area contributed by atoms with Crippen LogP contribution in [-0.4, -0.2) is 258 Å². The number of aliphatic hydroxyl groups excluding tert-OH is 6. The molecule has 26 nitrogen and oxygen atoms in total. The van der Waals surface area contributed by atoms with Crippen LogP contribution in [0.5, 0.6) is 11.5 Å². The molecule has 0 aromatic heterocycles. The van der Waals surface area contributed by atoms with Crippen molar-refractivity contribution in [2.75, 3.05) is 28.3 Å². The van der Waals surface area contributed by atoms with Gasteiger partial charge < -0.3 is 129 Å². The number of aliphatic hydroxyl groups is 12. The number of hydrogen-bond donors (Lipinski definition) is 15. The first kappa shape index (κ1) is 79.7. The van der Waals surface area contributed by atoms with E-state index in [4.69, 9.17) is 47.4 Å². The maximum atomic E-state index is 13.2. The second-order valence-corrected chi connectivity index (χ2v) is 29.5. The van der Waals surface area contributed by atoms with Gasteiger partial charge in [0.2, 0.25) is 36.2 Å². The van der Waals surface area contributed by atoms with E-state index in [-0.39, 0.29) is 50.4 Å². The second kappa shape index (κ2) is 31.9. The monoisotopic (exact) mass is 1440 g/mol. The Morgan fingerprint density at radius 1 is 0.446 bits per heavy atom. The molecule has 30 atom stereocenters. The fraction of sp³-hybridized carbons (Fsp3) is 0.753. The number of alkyl halides is 2. The Labute approximate surface area is 589 Å². The third-order valence-electron chi connectivity index (χ3n) is 22.8. The molecule has 0 radical (unpaired) electrons. The first-order valence-corrected chi connectivity index (χ1v) is 36.0. The average Bonchev–Trinajstić information content (AvgIpc) is 0.725. The van der Waals surface area contributed by atoms with E-state index in [9.17, 15) is 70.1 Å². The maximum absolute atomic E-state index is 13.2. The first-order chi connectivity index (χ1) is 47.7.